The van der Waals surface area contributed by atoms with Gasteiger partial charge in [0.2, 0.25) is 0 Å². The highest BCUT2D eigenvalue weighted by Crippen LogP contribution is 2.45. The van der Waals surface area contributed by atoms with Crippen LogP contribution in [0.4, 0.5) is 0 Å². The van der Waals surface area contributed by atoms with Gasteiger partial charge in [-0.3, -0.25) is 0 Å². The second kappa shape index (κ2) is 12.5. The average Bonchev–Trinajstić information content (AvgIpc) is 3.93. The molecule has 0 radical (unpaired) electrons. The summed E-state index contributed by atoms with van der Waals surface area (Å²) < 4.78 is 7.37. The second-order valence-corrected chi connectivity index (χ2v) is 14.9. The minimum absolute atomic E-state index is 1.14. The summed E-state index contributed by atoms with van der Waals surface area (Å²) in [6, 6.07) is 77.3. The Bertz CT molecular complexity index is 3500. The molecule has 3 heteroatoms. The number of aromatic nitrogens is 3. The van der Waals surface area contributed by atoms with E-state index in [-0.39, 0.29) is 0 Å². The monoisotopic (exact) mass is 725 g/mol. The van der Waals surface area contributed by atoms with Crippen LogP contribution in [0.25, 0.3) is 105 Å². The van der Waals surface area contributed by atoms with Crippen LogP contribution in [0.15, 0.2) is 212 Å². The molecule has 0 bridgehead atoms. The third-order valence-electron chi connectivity index (χ3n) is 11.8. The van der Waals surface area contributed by atoms with E-state index in [0.717, 1.165) is 17.1 Å². The fraction of sp³-hybridized carbons (Fsp3) is 0. The van der Waals surface area contributed by atoms with E-state index >= 15 is 0 Å². The fourth-order valence-electron chi connectivity index (χ4n) is 9.47. The molecule has 0 aliphatic rings. The van der Waals surface area contributed by atoms with Crippen LogP contribution in [0.5, 0.6) is 0 Å². The van der Waals surface area contributed by atoms with Crippen molar-refractivity contribution in [3.05, 3.63) is 212 Å². The smallest absolute Gasteiger partial charge is 0.0620 e. The highest BCUT2D eigenvalue weighted by molar-refractivity contribution is 6.29. The zero-order valence-electron chi connectivity index (χ0n) is 31.0. The van der Waals surface area contributed by atoms with Crippen molar-refractivity contribution in [2.45, 2.75) is 0 Å². The summed E-state index contributed by atoms with van der Waals surface area (Å²) in [7, 11) is 0. The Labute approximate surface area is 329 Å². The van der Waals surface area contributed by atoms with E-state index in [9.17, 15) is 0 Å². The predicted molar refractivity (Wildman–Crippen MR) is 240 cm³/mol. The van der Waals surface area contributed by atoms with E-state index in [2.05, 4.69) is 226 Å². The molecular weight excluding hydrogens is 691 g/mol. The highest BCUT2D eigenvalue weighted by Gasteiger charge is 2.23. The van der Waals surface area contributed by atoms with Crippen LogP contribution in [0.1, 0.15) is 0 Å². The molecule has 3 nitrogen and oxygen atoms in total. The van der Waals surface area contributed by atoms with E-state index in [1.165, 1.54) is 87.7 Å². The lowest BCUT2D eigenvalue weighted by Crippen LogP contribution is -1.99. The van der Waals surface area contributed by atoms with Gasteiger partial charge in [-0.15, -0.1) is 0 Å². The van der Waals surface area contributed by atoms with Crippen LogP contribution in [0, 0.1) is 0 Å². The predicted octanol–water partition coefficient (Wildman–Crippen LogP) is 14.3. The first kappa shape index (κ1) is 31.7. The lowest BCUT2D eigenvalue weighted by atomic mass is 9.99. The summed E-state index contributed by atoms with van der Waals surface area (Å²) in [5.74, 6) is 0. The number of hydrogen-bond donors (Lipinski definition) is 0. The van der Waals surface area contributed by atoms with Gasteiger partial charge in [-0.1, -0.05) is 146 Å². The van der Waals surface area contributed by atoms with Crippen LogP contribution < -0.4 is 0 Å². The van der Waals surface area contributed by atoms with Gasteiger partial charge >= 0.3 is 0 Å². The Hall–Kier alpha value is -7.62. The second-order valence-electron chi connectivity index (χ2n) is 14.9. The van der Waals surface area contributed by atoms with Gasteiger partial charge in [-0.25, -0.2) is 0 Å². The molecule has 0 aliphatic heterocycles. The van der Waals surface area contributed by atoms with Gasteiger partial charge in [-0.2, -0.15) is 0 Å². The van der Waals surface area contributed by atoms with Gasteiger partial charge < -0.3 is 13.7 Å². The van der Waals surface area contributed by atoms with Crippen molar-refractivity contribution in [2.75, 3.05) is 0 Å². The van der Waals surface area contributed by atoms with Crippen molar-refractivity contribution in [1.82, 2.24) is 13.7 Å². The summed E-state index contributed by atoms with van der Waals surface area (Å²) in [6.07, 6.45) is 0. The molecule has 57 heavy (non-hydrogen) atoms. The van der Waals surface area contributed by atoms with Gasteiger partial charge in [0.1, 0.15) is 0 Å². The van der Waals surface area contributed by atoms with Crippen molar-refractivity contribution < 1.29 is 0 Å². The van der Waals surface area contributed by atoms with E-state index < -0.39 is 0 Å². The minimum atomic E-state index is 1.14. The molecule has 0 amide bonds. The molecule has 12 rings (SSSR count). The Kier molecular flexibility index (Phi) is 6.93. The largest absolute Gasteiger partial charge is 0.309 e. The molecule has 0 spiro atoms. The number of nitrogens with zero attached hydrogens (tertiary/aromatic N) is 3. The van der Waals surface area contributed by atoms with Crippen molar-refractivity contribution in [3.8, 4) is 39.3 Å². The molecule has 0 N–H and O–H groups in total. The summed E-state index contributed by atoms with van der Waals surface area (Å²) in [5, 5.41) is 7.52. The number of hydrogen-bond acceptors (Lipinski definition) is 0. The first-order valence-electron chi connectivity index (χ1n) is 19.6. The Morgan fingerprint density at radius 3 is 1.46 bits per heavy atom. The summed E-state index contributed by atoms with van der Waals surface area (Å²) in [4.78, 5) is 0. The maximum absolute atomic E-state index is 2.50. The molecule has 0 aliphatic carbocycles. The van der Waals surface area contributed by atoms with Gasteiger partial charge in [0.15, 0.2) is 0 Å². The Balaban J connectivity index is 1.17. The molecule has 0 fully saturated rings. The zero-order chi connectivity index (χ0) is 37.5. The molecule has 266 valence electrons. The lowest BCUT2D eigenvalue weighted by molar-refractivity contribution is 1.17. The molecule has 12 aromatic rings. The Morgan fingerprint density at radius 2 is 0.754 bits per heavy atom. The molecule has 3 heterocycles. The molecule has 0 saturated carbocycles. The standard InChI is InChI=1S/C54H35N3/c1-4-17-36(18-5-1)37-31-32-49-45(35-37)42-27-16-26-41(54(42)56(49)39-21-8-3-9-22-39)40-23-10-13-28-46(40)57-48-30-15-12-25-44(48)53-51(57)34-33-50-52(53)43-24-11-14-29-47(43)55(50)38-19-6-2-7-20-38/h1-35H. The minimum Gasteiger partial charge on any atom is -0.309 e. The lowest BCUT2D eigenvalue weighted by Gasteiger charge is -2.17. The summed E-state index contributed by atoms with van der Waals surface area (Å²) in [5.41, 5.74) is 15.4. The molecule has 9 aromatic carbocycles. The van der Waals surface area contributed by atoms with E-state index in [4.69, 9.17) is 0 Å². The van der Waals surface area contributed by atoms with E-state index in [0.29, 0.717) is 0 Å². The number of rotatable bonds is 5. The van der Waals surface area contributed by atoms with Crippen molar-refractivity contribution in [1.29, 1.82) is 0 Å². The van der Waals surface area contributed by atoms with Crippen LogP contribution in [-0.4, -0.2) is 13.7 Å². The maximum Gasteiger partial charge on any atom is 0.0620 e. The van der Waals surface area contributed by atoms with Crippen molar-refractivity contribution in [2.24, 2.45) is 0 Å². The third kappa shape index (κ3) is 4.66. The molecule has 0 saturated heterocycles. The van der Waals surface area contributed by atoms with Crippen LogP contribution >= 0.6 is 0 Å². The van der Waals surface area contributed by atoms with Gasteiger partial charge in [0.25, 0.3) is 0 Å². The molecule has 0 atom stereocenters. The van der Waals surface area contributed by atoms with Gasteiger partial charge in [0, 0.05) is 54.8 Å². The van der Waals surface area contributed by atoms with Gasteiger partial charge in [-0.05, 0) is 77.9 Å². The van der Waals surface area contributed by atoms with Crippen molar-refractivity contribution >= 4 is 65.4 Å². The first-order chi connectivity index (χ1) is 28.3. The fourth-order valence-corrected chi connectivity index (χ4v) is 9.47. The number of para-hydroxylation sites is 6. The highest BCUT2D eigenvalue weighted by atomic mass is 15.0. The van der Waals surface area contributed by atoms with E-state index in [1.807, 2.05) is 0 Å². The molecule has 3 aromatic heterocycles. The molecular formula is C54H35N3. The quantitative estimate of drug-likeness (QED) is 0.168. The first-order valence-corrected chi connectivity index (χ1v) is 19.6. The van der Waals surface area contributed by atoms with Crippen LogP contribution in [0.2, 0.25) is 0 Å². The number of benzene rings is 9. The summed E-state index contributed by atoms with van der Waals surface area (Å²) >= 11 is 0. The zero-order valence-corrected chi connectivity index (χ0v) is 31.0. The molecule has 0 unspecified atom stereocenters. The average molecular weight is 726 g/mol. The van der Waals surface area contributed by atoms with Gasteiger partial charge in [0.05, 0.1) is 38.8 Å². The SMILES string of the molecule is c1ccc(-c2ccc3c(c2)c2cccc(-c4ccccc4-n4c5ccccc5c5c6c7ccccc7n(-c7ccccc7)c6ccc54)c2n3-c2ccccc2)cc1. The van der Waals surface area contributed by atoms with Crippen LogP contribution in [0.3, 0.4) is 0 Å². The third-order valence-corrected chi connectivity index (χ3v) is 11.8. The topological polar surface area (TPSA) is 14.8 Å². The number of fused-ring (bicyclic) bond motifs is 10. The van der Waals surface area contributed by atoms with E-state index in [1.54, 1.807) is 0 Å². The summed E-state index contributed by atoms with van der Waals surface area (Å²) in [6.45, 7) is 0. The van der Waals surface area contributed by atoms with Crippen molar-refractivity contribution in [3.63, 3.8) is 0 Å². The Morgan fingerprint density at radius 1 is 0.263 bits per heavy atom. The normalized spacial score (nSPS) is 11.9. The maximum atomic E-state index is 2.50. The van der Waals surface area contributed by atoms with Crippen LogP contribution in [-0.2, 0) is 0 Å².